The molecule has 4 heterocycles. The molecule has 9 heteroatoms. The number of rotatable bonds is 3. The zero-order chi connectivity index (χ0) is 24.9. The summed E-state index contributed by atoms with van der Waals surface area (Å²) in [6.07, 6.45) is 6.83. The molecule has 188 valence electrons. The fraction of sp³-hybridized carbons (Fsp3) is 0.444. The number of nitrogens with one attached hydrogen (secondary N) is 2. The number of hydrogen-bond donors (Lipinski definition) is 2. The predicted molar refractivity (Wildman–Crippen MR) is 136 cm³/mol. The highest BCUT2D eigenvalue weighted by Crippen LogP contribution is 2.50. The first-order valence-corrected chi connectivity index (χ1v) is 12.5. The fourth-order valence-corrected chi connectivity index (χ4v) is 5.71. The van der Waals surface area contributed by atoms with Crippen molar-refractivity contribution in [1.82, 2.24) is 14.9 Å². The van der Waals surface area contributed by atoms with E-state index in [2.05, 4.69) is 32.5 Å². The predicted octanol–water partition coefficient (Wildman–Crippen LogP) is 4.97. The van der Waals surface area contributed by atoms with E-state index in [0.717, 1.165) is 42.6 Å². The SMILES string of the molecule is Cc1c(-c2cc3cc(NC(=O)OC4CC5(CCN(C)CC5)C4)ncc3cc2F)cnc2c1NCCO2. The highest BCUT2D eigenvalue weighted by Gasteiger charge is 2.47. The molecule has 6 rings (SSSR count). The normalized spacial score (nSPS) is 19.2. The molecular weight excluding hydrogens is 461 g/mol. The molecule has 8 nitrogen and oxygen atoms in total. The van der Waals surface area contributed by atoms with Crippen LogP contribution in [0.25, 0.3) is 21.9 Å². The van der Waals surface area contributed by atoms with Gasteiger partial charge in [0.1, 0.15) is 30.0 Å². The number of amides is 1. The summed E-state index contributed by atoms with van der Waals surface area (Å²) in [6, 6.07) is 4.96. The second-order valence-electron chi connectivity index (χ2n) is 10.4. The molecule has 1 spiro atoms. The van der Waals surface area contributed by atoms with E-state index in [-0.39, 0.29) is 11.9 Å². The molecule has 0 unspecified atom stereocenters. The molecule has 1 saturated carbocycles. The molecule has 0 bridgehead atoms. The number of fused-ring (bicyclic) bond motifs is 2. The van der Waals surface area contributed by atoms with Crippen LogP contribution in [0, 0.1) is 18.2 Å². The quantitative estimate of drug-likeness (QED) is 0.535. The van der Waals surface area contributed by atoms with Crippen molar-refractivity contribution in [3.8, 4) is 17.0 Å². The van der Waals surface area contributed by atoms with Crippen LogP contribution in [-0.2, 0) is 4.74 Å². The number of piperidine rings is 1. The first kappa shape index (κ1) is 23.0. The number of hydrogen-bond acceptors (Lipinski definition) is 7. The highest BCUT2D eigenvalue weighted by molar-refractivity contribution is 5.92. The summed E-state index contributed by atoms with van der Waals surface area (Å²) in [5.74, 6) is 0.540. The van der Waals surface area contributed by atoms with E-state index in [0.29, 0.717) is 46.8 Å². The van der Waals surface area contributed by atoms with Crippen molar-refractivity contribution in [2.75, 3.05) is 43.9 Å². The maximum absolute atomic E-state index is 15.1. The lowest BCUT2D eigenvalue weighted by Crippen LogP contribution is -2.49. The fourth-order valence-electron chi connectivity index (χ4n) is 5.71. The summed E-state index contributed by atoms with van der Waals surface area (Å²) in [7, 11) is 2.15. The summed E-state index contributed by atoms with van der Waals surface area (Å²) in [4.78, 5) is 23.5. The molecular formula is C27H30FN5O3. The van der Waals surface area contributed by atoms with Gasteiger partial charge < -0.3 is 19.7 Å². The molecule has 0 atom stereocenters. The topological polar surface area (TPSA) is 88.6 Å². The van der Waals surface area contributed by atoms with Crippen LogP contribution in [0.3, 0.4) is 0 Å². The number of likely N-dealkylation sites (tertiary alicyclic amines) is 1. The largest absolute Gasteiger partial charge is 0.474 e. The molecule has 1 aromatic carbocycles. The Kier molecular flexibility index (Phi) is 5.67. The van der Waals surface area contributed by atoms with Gasteiger partial charge >= 0.3 is 6.09 Å². The smallest absolute Gasteiger partial charge is 0.413 e. The van der Waals surface area contributed by atoms with Crippen molar-refractivity contribution >= 4 is 28.4 Å². The van der Waals surface area contributed by atoms with Crippen LogP contribution >= 0.6 is 0 Å². The van der Waals surface area contributed by atoms with E-state index in [9.17, 15) is 4.79 Å². The summed E-state index contributed by atoms with van der Waals surface area (Å²) < 4.78 is 26.3. The molecule has 2 N–H and O–H groups in total. The molecule has 2 aliphatic heterocycles. The Morgan fingerprint density at radius 3 is 2.78 bits per heavy atom. The lowest BCUT2D eigenvalue weighted by atomic mass is 9.61. The summed E-state index contributed by atoms with van der Waals surface area (Å²) in [5, 5.41) is 7.43. The minimum Gasteiger partial charge on any atom is -0.474 e. The van der Waals surface area contributed by atoms with Crippen LogP contribution in [-0.4, -0.2) is 60.4 Å². The van der Waals surface area contributed by atoms with Gasteiger partial charge in [0.2, 0.25) is 5.88 Å². The number of benzene rings is 1. The van der Waals surface area contributed by atoms with Gasteiger partial charge in [0.05, 0.1) is 0 Å². The Morgan fingerprint density at radius 1 is 1.17 bits per heavy atom. The average Bonchev–Trinajstić information content (AvgIpc) is 2.85. The number of halogens is 1. The van der Waals surface area contributed by atoms with E-state index in [4.69, 9.17) is 9.47 Å². The number of pyridine rings is 2. The Morgan fingerprint density at radius 2 is 1.97 bits per heavy atom. The van der Waals surface area contributed by atoms with E-state index >= 15 is 4.39 Å². The molecule has 2 aromatic heterocycles. The van der Waals surface area contributed by atoms with E-state index in [1.54, 1.807) is 24.5 Å². The third-order valence-electron chi connectivity index (χ3n) is 7.92. The lowest BCUT2D eigenvalue weighted by Gasteiger charge is -2.50. The van der Waals surface area contributed by atoms with Crippen LogP contribution in [0.1, 0.15) is 31.2 Å². The van der Waals surface area contributed by atoms with Gasteiger partial charge in [0, 0.05) is 35.5 Å². The average molecular weight is 492 g/mol. The minimum absolute atomic E-state index is 0.0494. The summed E-state index contributed by atoms with van der Waals surface area (Å²) in [6.45, 7) is 5.36. The van der Waals surface area contributed by atoms with Crippen molar-refractivity contribution < 1.29 is 18.7 Å². The summed E-state index contributed by atoms with van der Waals surface area (Å²) in [5.41, 5.74) is 3.11. The molecule has 1 saturated heterocycles. The zero-order valence-corrected chi connectivity index (χ0v) is 20.6. The molecule has 36 heavy (non-hydrogen) atoms. The number of ether oxygens (including phenoxy) is 2. The molecule has 3 aromatic rings. The maximum atomic E-state index is 15.1. The number of anilines is 2. The third kappa shape index (κ3) is 4.21. The van der Waals surface area contributed by atoms with Gasteiger partial charge in [0.15, 0.2) is 0 Å². The Bertz CT molecular complexity index is 1330. The van der Waals surface area contributed by atoms with Crippen molar-refractivity contribution in [3.05, 3.63) is 42.0 Å². The lowest BCUT2D eigenvalue weighted by molar-refractivity contribution is -0.0676. The first-order valence-electron chi connectivity index (χ1n) is 12.5. The van der Waals surface area contributed by atoms with Crippen LogP contribution in [0.15, 0.2) is 30.6 Å². The molecule has 1 amide bonds. The van der Waals surface area contributed by atoms with Crippen molar-refractivity contribution in [2.24, 2.45) is 5.41 Å². The van der Waals surface area contributed by atoms with E-state index in [1.165, 1.54) is 18.9 Å². The third-order valence-corrected chi connectivity index (χ3v) is 7.92. The van der Waals surface area contributed by atoms with Crippen molar-refractivity contribution in [1.29, 1.82) is 0 Å². The van der Waals surface area contributed by atoms with Gasteiger partial charge in [-0.1, -0.05) is 0 Å². The van der Waals surface area contributed by atoms with Gasteiger partial charge in [-0.25, -0.2) is 19.2 Å². The number of nitrogens with zero attached hydrogens (tertiary/aromatic N) is 3. The van der Waals surface area contributed by atoms with Crippen LogP contribution in [0.4, 0.5) is 20.7 Å². The van der Waals surface area contributed by atoms with E-state index in [1.807, 2.05) is 6.92 Å². The molecule has 0 radical (unpaired) electrons. The van der Waals surface area contributed by atoms with E-state index < -0.39 is 6.09 Å². The highest BCUT2D eigenvalue weighted by atomic mass is 19.1. The molecule has 1 aliphatic carbocycles. The van der Waals surface area contributed by atoms with Crippen LogP contribution < -0.4 is 15.4 Å². The van der Waals surface area contributed by atoms with Gasteiger partial charge in [-0.3, -0.25) is 5.32 Å². The second-order valence-corrected chi connectivity index (χ2v) is 10.4. The van der Waals surface area contributed by atoms with Gasteiger partial charge in [-0.05, 0) is 87.3 Å². The van der Waals surface area contributed by atoms with Crippen LogP contribution in [0.2, 0.25) is 0 Å². The Hall–Kier alpha value is -3.46. The number of carbonyl (C=O) groups is 1. The maximum Gasteiger partial charge on any atom is 0.413 e. The van der Waals surface area contributed by atoms with Crippen molar-refractivity contribution in [2.45, 2.75) is 38.7 Å². The zero-order valence-electron chi connectivity index (χ0n) is 20.6. The Balaban J connectivity index is 1.18. The van der Waals surface area contributed by atoms with Gasteiger partial charge in [0.25, 0.3) is 0 Å². The number of carbonyl (C=O) groups excluding carboxylic acids is 1. The standard InChI is InChI=1S/C27H30FN5O3/c1-16-21(15-31-25-24(16)29-5-8-35-25)20-9-17-11-23(30-14-18(17)10-22(20)28)32-26(34)36-19-12-27(13-19)3-6-33(2)7-4-27/h9-11,14-15,19,29H,3-8,12-13H2,1-2H3,(H,30,32,34). The first-order chi connectivity index (χ1) is 17.4. The minimum atomic E-state index is -0.502. The van der Waals surface area contributed by atoms with Gasteiger partial charge in [-0.15, -0.1) is 0 Å². The summed E-state index contributed by atoms with van der Waals surface area (Å²) >= 11 is 0. The van der Waals surface area contributed by atoms with Gasteiger partial charge in [-0.2, -0.15) is 0 Å². The second kappa shape index (κ2) is 8.89. The molecule has 2 fully saturated rings. The number of aromatic nitrogens is 2. The monoisotopic (exact) mass is 491 g/mol. The Labute approximate surface area is 209 Å². The molecule has 3 aliphatic rings. The van der Waals surface area contributed by atoms with Crippen LogP contribution in [0.5, 0.6) is 5.88 Å². The van der Waals surface area contributed by atoms with Crippen molar-refractivity contribution in [3.63, 3.8) is 0 Å².